The molecule has 5 nitrogen and oxygen atoms in total. The highest BCUT2D eigenvalue weighted by Gasteiger charge is 2.38. The molecule has 0 spiro atoms. The van der Waals surface area contributed by atoms with Gasteiger partial charge in [-0.05, 0) is 49.1 Å². The largest absolute Gasteiger partial charge is 0.483 e. The SMILES string of the molecule is Cc1ccc(C)c(OCC(=O)Nc2ccccc2CNC(=O)C(F)(F)F)c1C. The molecule has 0 heterocycles. The number of alkyl halides is 3. The summed E-state index contributed by atoms with van der Waals surface area (Å²) in [5, 5.41) is 4.39. The number of nitrogens with one attached hydrogen (secondary N) is 2. The van der Waals surface area contributed by atoms with Gasteiger partial charge in [0, 0.05) is 12.2 Å². The van der Waals surface area contributed by atoms with E-state index in [4.69, 9.17) is 4.74 Å². The van der Waals surface area contributed by atoms with Crippen LogP contribution in [0.4, 0.5) is 18.9 Å². The second-order valence-corrected chi connectivity index (χ2v) is 6.33. The zero-order chi connectivity index (χ0) is 20.9. The molecule has 2 aromatic rings. The maximum atomic E-state index is 12.3. The maximum Gasteiger partial charge on any atom is 0.471 e. The number of carbonyl (C=O) groups excluding carboxylic acids is 2. The predicted octanol–water partition coefficient (Wildman–Crippen LogP) is 3.81. The summed E-state index contributed by atoms with van der Waals surface area (Å²) in [5.74, 6) is -1.88. The third-order valence-electron chi connectivity index (χ3n) is 4.21. The Hall–Kier alpha value is -3.03. The van der Waals surface area contributed by atoms with Gasteiger partial charge >= 0.3 is 12.1 Å². The molecule has 2 amide bonds. The Bertz CT molecular complexity index is 879. The number of aryl methyl sites for hydroxylation is 2. The molecule has 0 aliphatic heterocycles. The Morgan fingerprint density at radius 2 is 1.64 bits per heavy atom. The van der Waals surface area contributed by atoms with Crippen molar-refractivity contribution in [1.82, 2.24) is 5.32 Å². The minimum Gasteiger partial charge on any atom is -0.483 e. The first kappa shape index (κ1) is 21.3. The van der Waals surface area contributed by atoms with Gasteiger partial charge in [-0.25, -0.2) is 0 Å². The highest BCUT2D eigenvalue weighted by Crippen LogP contribution is 2.25. The minimum absolute atomic E-state index is 0.256. The Balaban J connectivity index is 2.01. The van der Waals surface area contributed by atoms with Crippen LogP contribution in [0.5, 0.6) is 5.75 Å². The molecule has 2 rings (SSSR count). The molecule has 0 saturated carbocycles. The quantitative estimate of drug-likeness (QED) is 0.783. The van der Waals surface area contributed by atoms with Crippen LogP contribution >= 0.6 is 0 Å². The summed E-state index contributed by atoms with van der Waals surface area (Å²) in [4.78, 5) is 23.2. The van der Waals surface area contributed by atoms with E-state index in [-0.39, 0.29) is 13.2 Å². The van der Waals surface area contributed by atoms with E-state index >= 15 is 0 Å². The summed E-state index contributed by atoms with van der Waals surface area (Å²) in [6.45, 7) is 5.08. The van der Waals surface area contributed by atoms with Crippen molar-refractivity contribution in [2.45, 2.75) is 33.5 Å². The normalized spacial score (nSPS) is 11.1. The second-order valence-electron chi connectivity index (χ2n) is 6.33. The molecule has 2 N–H and O–H groups in total. The van der Waals surface area contributed by atoms with E-state index in [0.29, 0.717) is 17.0 Å². The lowest BCUT2D eigenvalue weighted by molar-refractivity contribution is -0.173. The fourth-order valence-corrected chi connectivity index (χ4v) is 2.54. The van der Waals surface area contributed by atoms with Crippen molar-refractivity contribution in [3.63, 3.8) is 0 Å². The van der Waals surface area contributed by atoms with Crippen molar-refractivity contribution >= 4 is 17.5 Å². The van der Waals surface area contributed by atoms with Gasteiger partial charge in [-0.1, -0.05) is 30.3 Å². The van der Waals surface area contributed by atoms with Gasteiger partial charge < -0.3 is 15.4 Å². The number of carbonyl (C=O) groups is 2. The number of anilines is 1. The molecular weight excluding hydrogens is 373 g/mol. The van der Waals surface area contributed by atoms with Gasteiger partial charge in [0.1, 0.15) is 5.75 Å². The van der Waals surface area contributed by atoms with Crippen LogP contribution in [0.1, 0.15) is 22.3 Å². The number of benzene rings is 2. The Labute approximate surface area is 160 Å². The van der Waals surface area contributed by atoms with Gasteiger partial charge in [0.15, 0.2) is 6.61 Å². The van der Waals surface area contributed by atoms with E-state index in [1.165, 1.54) is 12.1 Å². The lowest BCUT2D eigenvalue weighted by Crippen LogP contribution is -2.36. The van der Waals surface area contributed by atoms with E-state index in [0.717, 1.165) is 16.7 Å². The van der Waals surface area contributed by atoms with Crippen LogP contribution in [0.25, 0.3) is 0 Å². The first-order valence-corrected chi connectivity index (χ1v) is 8.52. The third kappa shape index (κ3) is 5.48. The van der Waals surface area contributed by atoms with Crippen LogP contribution in [0.2, 0.25) is 0 Å². The number of para-hydroxylation sites is 1. The smallest absolute Gasteiger partial charge is 0.471 e. The standard InChI is InChI=1S/C20H21F3N2O3/c1-12-8-9-13(2)18(14(12)3)28-11-17(26)25-16-7-5-4-6-15(16)10-24-19(27)20(21,22)23/h4-9H,10-11H2,1-3H3,(H,24,27)(H,25,26). The molecule has 0 aromatic heterocycles. The predicted molar refractivity (Wildman–Crippen MR) is 99.1 cm³/mol. The van der Waals surface area contributed by atoms with Crippen molar-refractivity contribution < 1.29 is 27.5 Å². The highest BCUT2D eigenvalue weighted by molar-refractivity contribution is 5.92. The highest BCUT2D eigenvalue weighted by atomic mass is 19.4. The molecule has 0 fully saturated rings. The van der Waals surface area contributed by atoms with Crippen LogP contribution in [0.3, 0.4) is 0 Å². The monoisotopic (exact) mass is 394 g/mol. The van der Waals surface area contributed by atoms with E-state index < -0.39 is 18.0 Å². The number of halogens is 3. The van der Waals surface area contributed by atoms with E-state index in [2.05, 4.69) is 5.32 Å². The summed E-state index contributed by atoms with van der Waals surface area (Å²) >= 11 is 0. The Morgan fingerprint density at radius 1 is 1.00 bits per heavy atom. The molecule has 0 bridgehead atoms. The molecule has 0 aliphatic carbocycles. The van der Waals surface area contributed by atoms with E-state index in [9.17, 15) is 22.8 Å². The summed E-state index contributed by atoms with van der Waals surface area (Å²) in [6.07, 6.45) is -4.96. The molecule has 28 heavy (non-hydrogen) atoms. The van der Waals surface area contributed by atoms with Crippen molar-refractivity contribution in [3.05, 3.63) is 58.7 Å². The summed E-state index contributed by atoms with van der Waals surface area (Å²) in [6, 6.07) is 10.1. The number of ether oxygens (including phenoxy) is 1. The molecule has 150 valence electrons. The zero-order valence-electron chi connectivity index (χ0n) is 15.7. The van der Waals surface area contributed by atoms with Crippen molar-refractivity contribution in [3.8, 4) is 5.75 Å². The van der Waals surface area contributed by atoms with Crippen LogP contribution in [-0.4, -0.2) is 24.6 Å². The van der Waals surface area contributed by atoms with Crippen LogP contribution < -0.4 is 15.4 Å². The Morgan fingerprint density at radius 3 is 2.32 bits per heavy atom. The fraction of sp³-hybridized carbons (Fsp3) is 0.300. The van der Waals surface area contributed by atoms with Crippen molar-refractivity contribution in [2.75, 3.05) is 11.9 Å². The number of hydrogen-bond acceptors (Lipinski definition) is 3. The molecule has 0 saturated heterocycles. The average Bonchev–Trinajstić information content (AvgIpc) is 2.63. The number of hydrogen-bond donors (Lipinski definition) is 2. The van der Waals surface area contributed by atoms with E-state index in [1.807, 2.05) is 32.9 Å². The van der Waals surface area contributed by atoms with Gasteiger partial charge in [-0.3, -0.25) is 9.59 Å². The molecule has 2 aromatic carbocycles. The average molecular weight is 394 g/mol. The maximum absolute atomic E-state index is 12.3. The number of rotatable bonds is 6. The fourth-order valence-electron chi connectivity index (χ4n) is 2.54. The second kappa shape index (κ2) is 8.77. The zero-order valence-corrected chi connectivity index (χ0v) is 15.7. The number of amides is 2. The lowest BCUT2D eigenvalue weighted by atomic mass is 10.1. The van der Waals surface area contributed by atoms with Gasteiger partial charge in [-0.15, -0.1) is 0 Å². The molecule has 0 aliphatic rings. The van der Waals surface area contributed by atoms with Gasteiger partial charge in [0.2, 0.25) is 0 Å². The topological polar surface area (TPSA) is 67.4 Å². The van der Waals surface area contributed by atoms with Crippen LogP contribution in [0.15, 0.2) is 36.4 Å². The minimum atomic E-state index is -4.96. The summed E-state index contributed by atoms with van der Waals surface area (Å²) in [7, 11) is 0. The van der Waals surface area contributed by atoms with Crippen LogP contribution in [0, 0.1) is 20.8 Å². The first-order chi connectivity index (χ1) is 13.1. The first-order valence-electron chi connectivity index (χ1n) is 8.52. The molecule has 0 atom stereocenters. The van der Waals surface area contributed by atoms with Gasteiger partial charge in [0.25, 0.3) is 5.91 Å². The molecule has 0 radical (unpaired) electrons. The summed E-state index contributed by atoms with van der Waals surface area (Å²) in [5.41, 5.74) is 3.51. The van der Waals surface area contributed by atoms with E-state index in [1.54, 1.807) is 17.4 Å². The summed E-state index contributed by atoms with van der Waals surface area (Å²) < 4.78 is 42.6. The lowest BCUT2D eigenvalue weighted by Gasteiger charge is -2.15. The van der Waals surface area contributed by atoms with Crippen LogP contribution in [-0.2, 0) is 16.1 Å². The van der Waals surface area contributed by atoms with Crippen molar-refractivity contribution in [2.24, 2.45) is 0 Å². The van der Waals surface area contributed by atoms with Gasteiger partial charge in [0.05, 0.1) is 0 Å². The molecule has 0 unspecified atom stereocenters. The molecular formula is C20H21F3N2O3. The van der Waals surface area contributed by atoms with Gasteiger partial charge in [-0.2, -0.15) is 13.2 Å². The Kier molecular flexibility index (Phi) is 6.66. The third-order valence-corrected chi connectivity index (χ3v) is 4.21. The molecule has 8 heteroatoms. The van der Waals surface area contributed by atoms with Crippen molar-refractivity contribution in [1.29, 1.82) is 0 Å².